The van der Waals surface area contributed by atoms with Crippen LogP contribution in [-0.2, 0) is 9.59 Å². The molecule has 0 aliphatic carbocycles. The average Bonchev–Trinajstić information content (AvgIpc) is 2.99. The lowest BCUT2D eigenvalue weighted by atomic mass is 9.99. The summed E-state index contributed by atoms with van der Waals surface area (Å²) < 4.78 is 13.2. The minimum atomic E-state index is -0.418. The van der Waals surface area contributed by atoms with Crippen LogP contribution in [0.15, 0.2) is 48.8 Å². The molecule has 2 aromatic rings. The van der Waals surface area contributed by atoms with Crippen LogP contribution in [0.1, 0.15) is 30.0 Å². The molecule has 3 rings (SSSR count). The van der Waals surface area contributed by atoms with E-state index in [1.807, 2.05) is 0 Å². The molecule has 0 saturated carbocycles. The van der Waals surface area contributed by atoms with Crippen molar-refractivity contribution < 1.29 is 14.0 Å². The summed E-state index contributed by atoms with van der Waals surface area (Å²) in [7, 11) is 0. The lowest BCUT2D eigenvalue weighted by Gasteiger charge is -2.22. The van der Waals surface area contributed by atoms with Crippen LogP contribution >= 0.6 is 0 Å². The Labute approximate surface area is 139 Å². The average molecular weight is 327 g/mol. The Morgan fingerprint density at radius 3 is 2.46 bits per heavy atom. The second kappa shape index (κ2) is 7.21. The zero-order valence-corrected chi connectivity index (χ0v) is 13.1. The lowest BCUT2D eigenvalue weighted by Crippen LogP contribution is -2.39. The van der Waals surface area contributed by atoms with Crippen LogP contribution in [-0.4, -0.2) is 34.8 Å². The zero-order valence-electron chi connectivity index (χ0n) is 13.1. The molecule has 0 bridgehead atoms. The third-order valence-corrected chi connectivity index (χ3v) is 4.05. The van der Waals surface area contributed by atoms with Gasteiger partial charge in [-0.15, -0.1) is 0 Å². The highest BCUT2D eigenvalue weighted by atomic mass is 19.1. The lowest BCUT2D eigenvalue weighted by molar-refractivity contribution is -0.133. The molecule has 1 N–H and O–H groups in total. The molecule has 0 spiro atoms. The number of rotatable bonds is 5. The normalized spacial score (nSPS) is 15.4. The molecule has 1 saturated heterocycles. The van der Waals surface area contributed by atoms with Crippen LogP contribution in [0.5, 0.6) is 0 Å². The summed E-state index contributed by atoms with van der Waals surface area (Å²) in [4.78, 5) is 29.6. The molecule has 1 aromatic carbocycles. The van der Waals surface area contributed by atoms with Crippen molar-refractivity contribution in [1.82, 2.24) is 15.2 Å². The standard InChI is InChI=1S/C18H18FN3O2/c19-15-5-3-13(4-6-15)18(14-7-9-20-10-8-14)21-16(23)12-22-11-1-2-17(22)24/h3-10,18H,1-2,11-12H2,(H,21,23). The van der Waals surface area contributed by atoms with Crippen molar-refractivity contribution >= 4 is 11.8 Å². The summed E-state index contributed by atoms with van der Waals surface area (Å²) in [6.45, 7) is 0.657. The maximum Gasteiger partial charge on any atom is 0.240 e. The highest BCUT2D eigenvalue weighted by molar-refractivity contribution is 5.86. The van der Waals surface area contributed by atoms with Crippen molar-refractivity contribution in [3.05, 3.63) is 65.7 Å². The van der Waals surface area contributed by atoms with Gasteiger partial charge in [-0.25, -0.2) is 4.39 Å². The number of carbonyl (C=O) groups excluding carboxylic acids is 2. The SMILES string of the molecule is O=C(CN1CCCC1=O)NC(c1ccncc1)c1ccc(F)cc1. The fraction of sp³-hybridized carbons (Fsp3) is 0.278. The van der Waals surface area contributed by atoms with Crippen LogP contribution in [0.2, 0.25) is 0 Å². The molecule has 5 nitrogen and oxygen atoms in total. The van der Waals surface area contributed by atoms with Gasteiger partial charge in [0.1, 0.15) is 5.82 Å². The molecular weight excluding hydrogens is 309 g/mol. The number of amides is 2. The smallest absolute Gasteiger partial charge is 0.240 e. The number of aromatic nitrogens is 1. The Balaban J connectivity index is 1.78. The Morgan fingerprint density at radius 1 is 1.17 bits per heavy atom. The monoisotopic (exact) mass is 327 g/mol. The largest absolute Gasteiger partial charge is 0.344 e. The first-order valence-corrected chi connectivity index (χ1v) is 7.86. The quantitative estimate of drug-likeness (QED) is 0.914. The van der Waals surface area contributed by atoms with E-state index in [-0.39, 0.29) is 24.2 Å². The van der Waals surface area contributed by atoms with Gasteiger partial charge in [-0.1, -0.05) is 12.1 Å². The van der Waals surface area contributed by atoms with Gasteiger partial charge in [-0.2, -0.15) is 0 Å². The predicted octanol–water partition coefficient (Wildman–Crippen LogP) is 2.05. The Hall–Kier alpha value is -2.76. The molecule has 124 valence electrons. The number of benzene rings is 1. The van der Waals surface area contributed by atoms with Gasteiger partial charge in [0.25, 0.3) is 0 Å². The van der Waals surface area contributed by atoms with E-state index < -0.39 is 6.04 Å². The molecule has 6 heteroatoms. The predicted molar refractivity (Wildman–Crippen MR) is 86.4 cm³/mol. The van der Waals surface area contributed by atoms with E-state index in [0.717, 1.165) is 17.5 Å². The summed E-state index contributed by atoms with van der Waals surface area (Å²) in [6, 6.07) is 9.19. The van der Waals surface area contributed by atoms with Crippen LogP contribution in [0.3, 0.4) is 0 Å². The second-order valence-corrected chi connectivity index (χ2v) is 5.75. The maximum absolute atomic E-state index is 13.2. The first-order chi connectivity index (χ1) is 11.6. The molecular formula is C18H18FN3O2. The Kier molecular flexibility index (Phi) is 4.84. The Bertz CT molecular complexity index is 719. The molecule has 1 aromatic heterocycles. The molecule has 0 radical (unpaired) electrons. The molecule has 2 amide bonds. The van der Waals surface area contributed by atoms with Crippen LogP contribution in [0, 0.1) is 5.82 Å². The van der Waals surface area contributed by atoms with Crippen LogP contribution < -0.4 is 5.32 Å². The van der Waals surface area contributed by atoms with Gasteiger partial charge in [0.2, 0.25) is 11.8 Å². The van der Waals surface area contributed by atoms with E-state index in [0.29, 0.717) is 13.0 Å². The maximum atomic E-state index is 13.2. The zero-order chi connectivity index (χ0) is 16.9. The topological polar surface area (TPSA) is 62.3 Å². The third kappa shape index (κ3) is 3.76. The van der Waals surface area contributed by atoms with Crippen molar-refractivity contribution in [2.24, 2.45) is 0 Å². The fourth-order valence-electron chi connectivity index (χ4n) is 2.82. The van der Waals surface area contributed by atoms with Gasteiger partial charge in [-0.3, -0.25) is 14.6 Å². The number of hydrogen-bond donors (Lipinski definition) is 1. The number of likely N-dealkylation sites (tertiary alicyclic amines) is 1. The number of carbonyl (C=O) groups is 2. The van der Waals surface area contributed by atoms with Crippen molar-refractivity contribution in [2.75, 3.05) is 13.1 Å². The summed E-state index contributed by atoms with van der Waals surface area (Å²) in [5.74, 6) is -0.565. The second-order valence-electron chi connectivity index (χ2n) is 5.75. The highest BCUT2D eigenvalue weighted by Crippen LogP contribution is 2.22. The van der Waals surface area contributed by atoms with Crippen LogP contribution in [0.4, 0.5) is 4.39 Å². The third-order valence-electron chi connectivity index (χ3n) is 4.05. The first kappa shape index (κ1) is 16.1. The number of pyridine rings is 1. The van der Waals surface area contributed by atoms with E-state index in [2.05, 4.69) is 10.3 Å². The first-order valence-electron chi connectivity index (χ1n) is 7.86. The highest BCUT2D eigenvalue weighted by Gasteiger charge is 2.24. The van der Waals surface area contributed by atoms with Gasteiger partial charge in [-0.05, 0) is 41.8 Å². The number of nitrogens with zero attached hydrogens (tertiary/aromatic N) is 2. The molecule has 1 aliphatic heterocycles. The molecule has 1 aliphatic rings. The minimum Gasteiger partial charge on any atom is -0.344 e. The van der Waals surface area contributed by atoms with Gasteiger partial charge in [0, 0.05) is 25.4 Å². The summed E-state index contributed by atoms with van der Waals surface area (Å²) in [6.07, 6.45) is 4.57. The number of nitrogens with one attached hydrogen (secondary N) is 1. The number of halogens is 1. The Morgan fingerprint density at radius 2 is 1.83 bits per heavy atom. The van der Waals surface area contributed by atoms with Crippen LogP contribution in [0.25, 0.3) is 0 Å². The molecule has 1 unspecified atom stereocenters. The minimum absolute atomic E-state index is 0.00685. The van der Waals surface area contributed by atoms with Gasteiger partial charge >= 0.3 is 0 Å². The molecule has 1 fully saturated rings. The van der Waals surface area contributed by atoms with Crippen molar-refractivity contribution in [2.45, 2.75) is 18.9 Å². The molecule has 1 atom stereocenters. The van der Waals surface area contributed by atoms with E-state index in [9.17, 15) is 14.0 Å². The van der Waals surface area contributed by atoms with Gasteiger partial charge in [0.15, 0.2) is 0 Å². The molecule has 24 heavy (non-hydrogen) atoms. The molecule has 2 heterocycles. The summed E-state index contributed by atoms with van der Waals surface area (Å²) in [5, 5.41) is 2.93. The van der Waals surface area contributed by atoms with E-state index in [4.69, 9.17) is 0 Å². The van der Waals surface area contributed by atoms with Crippen molar-refractivity contribution in [1.29, 1.82) is 0 Å². The van der Waals surface area contributed by atoms with E-state index in [1.165, 1.54) is 12.1 Å². The number of hydrogen-bond acceptors (Lipinski definition) is 3. The van der Waals surface area contributed by atoms with Gasteiger partial charge in [0.05, 0.1) is 12.6 Å². The fourth-order valence-corrected chi connectivity index (χ4v) is 2.82. The van der Waals surface area contributed by atoms with Crippen molar-refractivity contribution in [3.8, 4) is 0 Å². The van der Waals surface area contributed by atoms with Gasteiger partial charge < -0.3 is 10.2 Å². The van der Waals surface area contributed by atoms with E-state index in [1.54, 1.807) is 41.6 Å². The summed E-state index contributed by atoms with van der Waals surface area (Å²) in [5.41, 5.74) is 1.61. The summed E-state index contributed by atoms with van der Waals surface area (Å²) >= 11 is 0. The van der Waals surface area contributed by atoms with E-state index >= 15 is 0 Å². The van der Waals surface area contributed by atoms with Crippen molar-refractivity contribution in [3.63, 3.8) is 0 Å².